The lowest BCUT2D eigenvalue weighted by Gasteiger charge is -2.20. The van der Waals surface area contributed by atoms with Crippen molar-refractivity contribution in [2.45, 2.75) is 19.1 Å². The first-order valence-electron chi connectivity index (χ1n) is 11.3. The molecule has 14 heteroatoms. The van der Waals surface area contributed by atoms with Gasteiger partial charge in [0.15, 0.2) is 0 Å². The molecule has 4 rings (SSSR count). The quantitative estimate of drug-likeness (QED) is 0.222. The van der Waals surface area contributed by atoms with E-state index < -0.39 is 18.6 Å². The fourth-order valence-corrected chi connectivity index (χ4v) is 4.61. The van der Waals surface area contributed by atoms with Crippen LogP contribution in [0.4, 0.5) is 30.5 Å². The number of thiophene rings is 1. The minimum absolute atomic E-state index is 0.00161. The van der Waals surface area contributed by atoms with E-state index in [0.29, 0.717) is 4.88 Å². The summed E-state index contributed by atoms with van der Waals surface area (Å²) in [5.74, 6) is -0.590. The smallest absolute Gasteiger partial charge is 0.397 e. The number of imidazole rings is 1. The number of nitrogen functional groups attached to an aromatic ring is 1. The van der Waals surface area contributed by atoms with E-state index in [9.17, 15) is 28.0 Å². The Morgan fingerprint density at radius 2 is 1.87 bits per heavy atom. The SMILES string of the molecule is CN(C)C(=O)CCn1c(NC(=O)c2ccc(-c3ccncc3)s2)nc2cc(N)c(N(O)CC(F)(F)F)cc21. The van der Waals surface area contributed by atoms with E-state index in [1.54, 1.807) is 38.6 Å². The summed E-state index contributed by atoms with van der Waals surface area (Å²) in [6.07, 6.45) is -1.36. The molecule has 0 unspecified atom stereocenters. The molecule has 0 spiro atoms. The number of alkyl halides is 3. The maximum atomic E-state index is 13.1. The van der Waals surface area contributed by atoms with Gasteiger partial charge in [-0.2, -0.15) is 13.2 Å². The number of halogens is 3. The summed E-state index contributed by atoms with van der Waals surface area (Å²) in [5, 5.41) is 12.8. The van der Waals surface area contributed by atoms with Crippen molar-refractivity contribution >= 4 is 51.5 Å². The molecule has 1 aromatic carbocycles. The number of rotatable bonds is 8. The van der Waals surface area contributed by atoms with Gasteiger partial charge in [0.25, 0.3) is 5.91 Å². The number of nitrogens with zero attached hydrogens (tertiary/aromatic N) is 5. The summed E-state index contributed by atoms with van der Waals surface area (Å²) in [4.78, 5) is 36.4. The Morgan fingerprint density at radius 3 is 2.53 bits per heavy atom. The van der Waals surface area contributed by atoms with E-state index in [0.717, 1.165) is 10.4 Å². The van der Waals surface area contributed by atoms with Gasteiger partial charge in [-0.05, 0) is 42.0 Å². The minimum atomic E-state index is -4.68. The first-order chi connectivity index (χ1) is 17.9. The summed E-state index contributed by atoms with van der Waals surface area (Å²) in [6, 6.07) is 9.65. The van der Waals surface area contributed by atoms with Crippen LogP contribution in [0.2, 0.25) is 0 Å². The zero-order chi connectivity index (χ0) is 27.6. The topological polar surface area (TPSA) is 130 Å². The van der Waals surface area contributed by atoms with Gasteiger partial charge < -0.3 is 15.2 Å². The molecule has 4 N–H and O–H groups in total. The molecular formula is C24H24F3N7O3S. The molecule has 200 valence electrons. The molecule has 4 aromatic rings. The van der Waals surface area contributed by atoms with Crippen LogP contribution in [0.5, 0.6) is 0 Å². The molecule has 0 atom stereocenters. The van der Waals surface area contributed by atoms with Crippen LogP contribution in [0.25, 0.3) is 21.5 Å². The molecule has 0 saturated heterocycles. The number of hydrogen-bond acceptors (Lipinski definition) is 8. The van der Waals surface area contributed by atoms with Crippen molar-refractivity contribution in [1.29, 1.82) is 0 Å². The summed E-state index contributed by atoms with van der Waals surface area (Å²) in [6.45, 7) is -1.58. The third-order valence-corrected chi connectivity index (χ3v) is 6.70. The molecule has 0 saturated carbocycles. The Morgan fingerprint density at radius 1 is 1.16 bits per heavy atom. The van der Waals surface area contributed by atoms with Crippen LogP contribution < -0.4 is 16.1 Å². The molecule has 0 aliphatic heterocycles. The van der Waals surface area contributed by atoms with E-state index >= 15 is 0 Å². The van der Waals surface area contributed by atoms with Crippen LogP contribution in [0.1, 0.15) is 16.1 Å². The highest BCUT2D eigenvalue weighted by Gasteiger charge is 2.31. The highest BCUT2D eigenvalue weighted by Crippen LogP contribution is 2.33. The Labute approximate surface area is 219 Å². The zero-order valence-corrected chi connectivity index (χ0v) is 21.2. The van der Waals surface area contributed by atoms with E-state index in [4.69, 9.17) is 5.73 Å². The predicted octanol–water partition coefficient (Wildman–Crippen LogP) is 4.23. The molecule has 3 aromatic heterocycles. The number of nitrogens with two attached hydrogens (primary N) is 1. The second kappa shape index (κ2) is 10.7. The number of aromatic nitrogens is 3. The zero-order valence-electron chi connectivity index (χ0n) is 20.4. The second-order valence-electron chi connectivity index (χ2n) is 8.55. The number of hydroxylamine groups is 1. The van der Waals surface area contributed by atoms with Crippen LogP contribution in [0, 0.1) is 0 Å². The minimum Gasteiger partial charge on any atom is -0.397 e. The third kappa shape index (κ3) is 6.03. The Bertz CT molecular complexity index is 1470. The molecule has 3 heterocycles. The van der Waals surface area contributed by atoms with E-state index in [-0.39, 0.29) is 52.3 Å². The normalized spacial score (nSPS) is 11.5. The van der Waals surface area contributed by atoms with E-state index in [1.807, 2.05) is 12.1 Å². The maximum absolute atomic E-state index is 13.1. The first-order valence-corrected chi connectivity index (χ1v) is 12.1. The van der Waals surface area contributed by atoms with Gasteiger partial charge >= 0.3 is 6.18 Å². The number of carbonyl (C=O) groups excluding carboxylic acids is 2. The number of amides is 2. The van der Waals surface area contributed by atoms with Crippen molar-refractivity contribution < 1.29 is 28.0 Å². The van der Waals surface area contributed by atoms with Gasteiger partial charge in [0.05, 0.1) is 27.3 Å². The number of pyridine rings is 1. The molecule has 0 bridgehead atoms. The number of fused-ring (bicyclic) bond motifs is 1. The fourth-order valence-electron chi connectivity index (χ4n) is 3.70. The van der Waals surface area contributed by atoms with Crippen LogP contribution in [-0.4, -0.2) is 63.3 Å². The van der Waals surface area contributed by atoms with E-state index in [1.165, 1.54) is 32.9 Å². The van der Waals surface area contributed by atoms with Crippen molar-refractivity contribution in [3.05, 3.63) is 53.7 Å². The van der Waals surface area contributed by atoms with Crippen molar-refractivity contribution in [1.82, 2.24) is 19.4 Å². The number of carbonyl (C=O) groups is 2. The lowest BCUT2D eigenvalue weighted by molar-refractivity contribution is -0.130. The number of benzene rings is 1. The molecule has 10 nitrogen and oxygen atoms in total. The van der Waals surface area contributed by atoms with Crippen LogP contribution in [-0.2, 0) is 11.3 Å². The van der Waals surface area contributed by atoms with Gasteiger partial charge in [0.1, 0.15) is 6.54 Å². The van der Waals surface area contributed by atoms with E-state index in [2.05, 4.69) is 15.3 Å². The maximum Gasteiger partial charge on any atom is 0.408 e. The van der Waals surface area contributed by atoms with Crippen molar-refractivity contribution in [2.75, 3.05) is 36.8 Å². The monoisotopic (exact) mass is 547 g/mol. The first kappa shape index (κ1) is 26.9. The second-order valence-corrected chi connectivity index (χ2v) is 9.64. The average Bonchev–Trinajstić information content (AvgIpc) is 3.46. The van der Waals surface area contributed by atoms with Gasteiger partial charge in [-0.15, -0.1) is 11.3 Å². The number of aryl methyl sites for hydroxylation is 1. The van der Waals surface area contributed by atoms with Crippen LogP contribution >= 0.6 is 11.3 Å². The molecule has 0 radical (unpaired) electrons. The molecule has 0 aliphatic carbocycles. The van der Waals surface area contributed by atoms with Gasteiger partial charge in [0, 0.05) is 44.3 Å². The Balaban J connectivity index is 1.69. The molecule has 0 aliphatic rings. The summed E-state index contributed by atoms with van der Waals surface area (Å²) < 4.78 is 40.1. The summed E-state index contributed by atoms with van der Waals surface area (Å²) >= 11 is 1.26. The van der Waals surface area contributed by atoms with Crippen LogP contribution in [0.15, 0.2) is 48.8 Å². The highest BCUT2D eigenvalue weighted by atomic mass is 32.1. The number of anilines is 3. The predicted molar refractivity (Wildman–Crippen MR) is 138 cm³/mol. The van der Waals surface area contributed by atoms with Gasteiger partial charge in [-0.1, -0.05) is 0 Å². The van der Waals surface area contributed by atoms with Gasteiger partial charge in [-0.25, -0.2) is 10.0 Å². The number of hydrogen-bond donors (Lipinski definition) is 3. The lowest BCUT2D eigenvalue weighted by Crippen LogP contribution is -2.31. The van der Waals surface area contributed by atoms with Crippen molar-refractivity contribution in [2.24, 2.45) is 0 Å². The summed E-state index contributed by atoms with van der Waals surface area (Å²) in [5.41, 5.74) is 6.92. The Kier molecular flexibility index (Phi) is 7.55. The highest BCUT2D eigenvalue weighted by molar-refractivity contribution is 7.17. The molecule has 2 amide bonds. The fraction of sp³-hybridized carbons (Fsp3) is 0.250. The molecular weight excluding hydrogens is 523 g/mol. The summed E-state index contributed by atoms with van der Waals surface area (Å²) in [7, 11) is 3.18. The molecule has 0 fully saturated rings. The van der Waals surface area contributed by atoms with Crippen molar-refractivity contribution in [3.8, 4) is 10.4 Å². The molecule has 38 heavy (non-hydrogen) atoms. The largest absolute Gasteiger partial charge is 0.408 e. The standard InChI is InChI=1S/C24H24F3N7O3S/c1-32(2)21(35)7-10-33-18-12-17(34(37)13-24(25,26)27)15(28)11-16(18)30-23(33)31-22(36)20-4-3-19(38-20)14-5-8-29-9-6-14/h3-6,8-9,11-12,37H,7,10,13,28H2,1-2H3,(H,30,31,36). The van der Waals surface area contributed by atoms with Gasteiger partial charge in [0.2, 0.25) is 11.9 Å². The average molecular weight is 548 g/mol. The van der Waals surface area contributed by atoms with Crippen molar-refractivity contribution in [3.63, 3.8) is 0 Å². The Hall–Kier alpha value is -4.17. The van der Waals surface area contributed by atoms with Crippen LogP contribution in [0.3, 0.4) is 0 Å². The number of nitrogens with one attached hydrogen (secondary N) is 1. The third-order valence-electron chi connectivity index (χ3n) is 5.57. The van der Waals surface area contributed by atoms with Gasteiger partial charge in [-0.3, -0.25) is 25.1 Å². The lowest BCUT2D eigenvalue weighted by atomic mass is 10.2.